The van der Waals surface area contributed by atoms with Gasteiger partial charge in [0.25, 0.3) is 0 Å². The molecule has 0 fully saturated rings. The Hall–Kier alpha value is -2.10. The fraction of sp³-hybridized carbons (Fsp3) is 0.375. The van der Waals surface area contributed by atoms with Gasteiger partial charge in [-0.2, -0.15) is 0 Å². The van der Waals surface area contributed by atoms with Crippen molar-refractivity contribution in [2.75, 3.05) is 0 Å². The number of carboxylic acids is 1. The monoisotopic (exact) mass is 273 g/mol. The van der Waals surface area contributed by atoms with E-state index in [1.165, 1.54) is 11.6 Å². The Kier molecular flexibility index (Phi) is 3.93. The van der Waals surface area contributed by atoms with Gasteiger partial charge in [-0.1, -0.05) is 42.8 Å². The Bertz CT molecular complexity index is 596. The first-order valence-electron chi connectivity index (χ1n) is 6.75. The molecule has 0 atom stereocenters. The first kappa shape index (κ1) is 14.3. The number of carboxylic acid groups (broad SMARTS) is 1. The normalized spacial score (nSPS) is 11.6. The molecule has 1 N–H and O–H groups in total. The molecule has 0 aliphatic rings. The van der Waals surface area contributed by atoms with Gasteiger partial charge in [-0.3, -0.25) is 0 Å². The highest BCUT2D eigenvalue weighted by molar-refractivity contribution is 5.85. The van der Waals surface area contributed by atoms with Crippen molar-refractivity contribution in [2.24, 2.45) is 0 Å². The molecule has 106 valence electrons. The molecule has 1 aromatic heterocycles. The molecular weight excluding hydrogens is 254 g/mol. The molecule has 1 aromatic carbocycles. The molecule has 0 saturated heterocycles. The van der Waals surface area contributed by atoms with Crippen LogP contribution in [0.25, 0.3) is 0 Å². The summed E-state index contributed by atoms with van der Waals surface area (Å²) in [6, 6.07) is 9.83. The molecule has 0 saturated carbocycles. The number of nitrogens with zero attached hydrogens (tertiary/aromatic N) is 1. The minimum absolute atomic E-state index is 0.0596. The van der Waals surface area contributed by atoms with Gasteiger partial charge in [-0.15, -0.1) is 0 Å². The summed E-state index contributed by atoms with van der Waals surface area (Å²) >= 11 is 0. The number of carbonyl (C=O) groups is 1. The third kappa shape index (κ3) is 2.74. The predicted molar refractivity (Wildman–Crippen MR) is 76.0 cm³/mol. The van der Waals surface area contributed by atoms with E-state index < -0.39 is 11.4 Å². The maximum Gasteiger partial charge on any atom is 0.358 e. The lowest BCUT2D eigenvalue weighted by Gasteiger charge is -2.22. The first-order chi connectivity index (χ1) is 9.45. The topological polar surface area (TPSA) is 63.3 Å². The zero-order valence-corrected chi connectivity index (χ0v) is 12.0. The lowest BCUT2D eigenvalue weighted by atomic mass is 9.81. The zero-order valence-electron chi connectivity index (χ0n) is 12.0. The SMILES string of the molecule is CCCc1ccc(C(C)(C)c2cc(C(=O)O)no2)cc1. The summed E-state index contributed by atoms with van der Waals surface area (Å²) in [5, 5.41) is 12.5. The van der Waals surface area contributed by atoms with Crippen LogP contribution in [0.1, 0.15) is 54.6 Å². The predicted octanol–water partition coefficient (Wildman–Crippen LogP) is 3.65. The molecule has 2 aromatic rings. The van der Waals surface area contributed by atoms with E-state index in [1.807, 2.05) is 13.8 Å². The molecule has 1 heterocycles. The van der Waals surface area contributed by atoms with Crippen molar-refractivity contribution in [1.82, 2.24) is 5.16 Å². The number of aromatic carboxylic acids is 1. The Morgan fingerprint density at radius 3 is 2.45 bits per heavy atom. The van der Waals surface area contributed by atoms with Crippen LogP contribution in [0.15, 0.2) is 34.9 Å². The number of rotatable bonds is 5. The van der Waals surface area contributed by atoms with Crippen LogP contribution < -0.4 is 0 Å². The lowest BCUT2D eigenvalue weighted by Crippen LogP contribution is -2.18. The third-order valence-corrected chi connectivity index (χ3v) is 3.56. The minimum Gasteiger partial charge on any atom is -0.476 e. The van der Waals surface area contributed by atoms with Gasteiger partial charge in [-0.25, -0.2) is 4.79 Å². The highest BCUT2D eigenvalue weighted by atomic mass is 16.5. The van der Waals surface area contributed by atoms with Crippen LogP contribution in [0.4, 0.5) is 0 Å². The van der Waals surface area contributed by atoms with E-state index in [1.54, 1.807) is 0 Å². The van der Waals surface area contributed by atoms with E-state index in [-0.39, 0.29) is 5.69 Å². The Labute approximate surface area is 118 Å². The summed E-state index contributed by atoms with van der Waals surface area (Å²) < 4.78 is 5.19. The van der Waals surface area contributed by atoms with E-state index in [4.69, 9.17) is 9.63 Å². The highest BCUT2D eigenvalue weighted by Gasteiger charge is 2.29. The van der Waals surface area contributed by atoms with Crippen LogP contribution in [-0.4, -0.2) is 16.2 Å². The fourth-order valence-corrected chi connectivity index (χ4v) is 2.19. The summed E-state index contributed by atoms with van der Waals surface area (Å²) in [7, 11) is 0. The van der Waals surface area contributed by atoms with Crippen LogP contribution in [0.3, 0.4) is 0 Å². The molecule has 0 aliphatic heterocycles. The number of hydrogen-bond acceptors (Lipinski definition) is 3. The average molecular weight is 273 g/mol. The van der Waals surface area contributed by atoms with Gasteiger partial charge in [0.1, 0.15) is 5.76 Å². The largest absolute Gasteiger partial charge is 0.476 e. The molecule has 4 heteroatoms. The molecule has 0 spiro atoms. The Balaban J connectivity index is 2.30. The smallest absolute Gasteiger partial charge is 0.358 e. The Morgan fingerprint density at radius 2 is 1.95 bits per heavy atom. The van der Waals surface area contributed by atoms with E-state index in [0.29, 0.717) is 5.76 Å². The van der Waals surface area contributed by atoms with Gasteiger partial charge in [-0.05, 0) is 31.4 Å². The molecule has 4 nitrogen and oxygen atoms in total. The molecular formula is C16H19NO3. The van der Waals surface area contributed by atoms with Crippen molar-refractivity contribution in [2.45, 2.75) is 39.0 Å². The average Bonchev–Trinajstić information content (AvgIpc) is 2.90. The van der Waals surface area contributed by atoms with Crippen molar-refractivity contribution < 1.29 is 14.4 Å². The van der Waals surface area contributed by atoms with E-state index in [0.717, 1.165) is 18.4 Å². The lowest BCUT2D eigenvalue weighted by molar-refractivity contribution is 0.0685. The quantitative estimate of drug-likeness (QED) is 0.903. The van der Waals surface area contributed by atoms with Crippen LogP contribution in [-0.2, 0) is 11.8 Å². The summed E-state index contributed by atoms with van der Waals surface area (Å²) in [6.07, 6.45) is 2.18. The molecule has 0 amide bonds. The fourth-order valence-electron chi connectivity index (χ4n) is 2.19. The van der Waals surface area contributed by atoms with Crippen molar-refractivity contribution in [1.29, 1.82) is 0 Å². The van der Waals surface area contributed by atoms with Crippen molar-refractivity contribution >= 4 is 5.97 Å². The van der Waals surface area contributed by atoms with E-state index in [9.17, 15) is 4.79 Å². The van der Waals surface area contributed by atoms with Gasteiger partial charge >= 0.3 is 5.97 Å². The van der Waals surface area contributed by atoms with Crippen LogP contribution in [0.2, 0.25) is 0 Å². The van der Waals surface area contributed by atoms with Crippen molar-refractivity contribution in [3.8, 4) is 0 Å². The second-order valence-electron chi connectivity index (χ2n) is 5.45. The van der Waals surface area contributed by atoms with E-state index in [2.05, 4.69) is 36.3 Å². The summed E-state index contributed by atoms with van der Waals surface area (Å²) in [5.74, 6) is -0.521. The third-order valence-electron chi connectivity index (χ3n) is 3.56. The number of benzene rings is 1. The molecule has 20 heavy (non-hydrogen) atoms. The van der Waals surface area contributed by atoms with Gasteiger partial charge in [0.15, 0.2) is 5.69 Å². The number of hydrogen-bond donors (Lipinski definition) is 1. The van der Waals surface area contributed by atoms with Crippen LogP contribution in [0.5, 0.6) is 0 Å². The van der Waals surface area contributed by atoms with Gasteiger partial charge in [0, 0.05) is 6.07 Å². The van der Waals surface area contributed by atoms with E-state index >= 15 is 0 Å². The zero-order chi connectivity index (χ0) is 14.8. The van der Waals surface area contributed by atoms with Gasteiger partial charge in [0.05, 0.1) is 5.41 Å². The maximum absolute atomic E-state index is 10.9. The maximum atomic E-state index is 10.9. The molecule has 2 rings (SSSR count). The Morgan fingerprint density at radius 1 is 1.30 bits per heavy atom. The van der Waals surface area contributed by atoms with Crippen LogP contribution >= 0.6 is 0 Å². The standard InChI is InChI=1S/C16H19NO3/c1-4-5-11-6-8-12(9-7-11)16(2,3)14-10-13(15(18)19)17-20-14/h6-10H,4-5H2,1-3H3,(H,18,19). The van der Waals surface area contributed by atoms with Gasteiger partial charge in [0.2, 0.25) is 0 Å². The number of aromatic nitrogens is 1. The second kappa shape index (κ2) is 5.49. The van der Waals surface area contributed by atoms with Gasteiger partial charge < -0.3 is 9.63 Å². The summed E-state index contributed by atoms with van der Waals surface area (Å²) in [5.41, 5.74) is 1.91. The minimum atomic E-state index is -1.07. The number of aryl methyl sites for hydroxylation is 1. The summed E-state index contributed by atoms with van der Waals surface area (Å²) in [6.45, 7) is 6.14. The first-order valence-corrected chi connectivity index (χ1v) is 6.75. The van der Waals surface area contributed by atoms with Crippen molar-refractivity contribution in [3.05, 3.63) is 52.9 Å². The summed E-state index contributed by atoms with van der Waals surface area (Å²) in [4.78, 5) is 10.9. The highest BCUT2D eigenvalue weighted by Crippen LogP contribution is 2.32. The molecule has 0 bridgehead atoms. The second-order valence-corrected chi connectivity index (χ2v) is 5.45. The van der Waals surface area contributed by atoms with Crippen molar-refractivity contribution in [3.63, 3.8) is 0 Å². The van der Waals surface area contributed by atoms with Crippen LogP contribution in [0, 0.1) is 0 Å². The molecule has 0 aliphatic carbocycles. The molecule has 0 radical (unpaired) electrons. The molecule has 0 unspecified atom stereocenters.